The zero-order chi connectivity index (χ0) is 26.7. The van der Waals surface area contributed by atoms with Crippen molar-refractivity contribution in [1.29, 1.82) is 0 Å². The number of nitrogens with zero attached hydrogens (tertiary/aromatic N) is 4. The molecule has 1 fully saturated rings. The molecule has 1 saturated heterocycles. The molecule has 5 rings (SSSR count). The van der Waals surface area contributed by atoms with E-state index >= 15 is 0 Å². The number of fused-ring (bicyclic) bond motifs is 1. The Morgan fingerprint density at radius 2 is 1.42 bits per heavy atom. The van der Waals surface area contributed by atoms with E-state index in [9.17, 15) is 8.42 Å². The number of sulfonamides is 1. The van der Waals surface area contributed by atoms with Crippen molar-refractivity contribution in [2.45, 2.75) is 17.9 Å². The van der Waals surface area contributed by atoms with Gasteiger partial charge in [-0.15, -0.1) is 0 Å². The summed E-state index contributed by atoms with van der Waals surface area (Å²) >= 11 is 0. The molecule has 0 aliphatic carbocycles. The average molecular weight is 534 g/mol. The summed E-state index contributed by atoms with van der Waals surface area (Å²) < 4.78 is 38.3. The summed E-state index contributed by atoms with van der Waals surface area (Å²) in [5.41, 5.74) is 1.74. The summed E-state index contributed by atoms with van der Waals surface area (Å²) in [6.45, 7) is 4.00. The van der Waals surface area contributed by atoms with Crippen molar-refractivity contribution in [3.63, 3.8) is 0 Å². The minimum Gasteiger partial charge on any atom is -0.497 e. The first-order chi connectivity index (χ1) is 18.4. The van der Waals surface area contributed by atoms with Gasteiger partial charge in [0.1, 0.15) is 23.1 Å². The molecule has 0 saturated carbocycles. The van der Waals surface area contributed by atoms with Gasteiger partial charge in [-0.25, -0.2) is 18.4 Å². The van der Waals surface area contributed by atoms with E-state index in [1.54, 1.807) is 38.5 Å². The minimum atomic E-state index is -3.58. The van der Waals surface area contributed by atoms with Gasteiger partial charge in [-0.3, -0.25) is 4.90 Å². The number of ether oxygens (including phenoxy) is 2. The zero-order valence-corrected chi connectivity index (χ0v) is 22.5. The van der Waals surface area contributed by atoms with Crippen LogP contribution in [0.15, 0.2) is 77.7 Å². The molecule has 198 valence electrons. The van der Waals surface area contributed by atoms with Crippen LogP contribution in [0.5, 0.6) is 11.5 Å². The molecule has 0 amide bonds. The number of benzene rings is 3. The van der Waals surface area contributed by atoms with Gasteiger partial charge >= 0.3 is 0 Å². The van der Waals surface area contributed by atoms with Crippen LogP contribution < -0.4 is 14.8 Å². The molecule has 1 N–H and O–H groups in total. The minimum absolute atomic E-state index is 0.0955. The van der Waals surface area contributed by atoms with E-state index in [1.165, 1.54) is 4.31 Å². The smallest absolute Gasteiger partial charge is 0.243 e. The highest BCUT2D eigenvalue weighted by Crippen LogP contribution is 2.29. The molecule has 10 heteroatoms. The number of anilines is 2. The number of hydrogen-bond donors (Lipinski definition) is 1. The maximum Gasteiger partial charge on any atom is 0.243 e. The summed E-state index contributed by atoms with van der Waals surface area (Å²) in [7, 11) is -0.377. The van der Waals surface area contributed by atoms with Crippen molar-refractivity contribution in [3.05, 3.63) is 78.6 Å². The zero-order valence-electron chi connectivity index (χ0n) is 21.7. The molecule has 2 heterocycles. The number of hydrogen-bond acceptors (Lipinski definition) is 8. The third-order valence-corrected chi connectivity index (χ3v) is 8.78. The largest absolute Gasteiger partial charge is 0.497 e. The second-order valence-corrected chi connectivity index (χ2v) is 11.0. The van der Waals surface area contributed by atoms with Gasteiger partial charge in [-0.1, -0.05) is 12.1 Å². The molecule has 0 radical (unpaired) electrons. The van der Waals surface area contributed by atoms with Crippen molar-refractivity contribution in [3.8, 4) is 11.5 Å². The highest BCUT2D eigenvalue weighted by Gasteiger charge is 2.31. The topological polar surface area (TPSA) is 96.9 Å². The van der Waals surface area contributed by atoms with E-state index < -0.39 is 10.0 Å². The fourth-order valence-corrected chi connectivity index (χ4v) is 6.00. The summed E-state index contributed by atoms with van der Waals surface area (Å²) in [5, 5.41) is 4.35. The fraction of sp³-hybridized carbons (Fsp3) is 0.286. The number of methoxy groups -OCH3 is 2. The predicted molar refractivity (Wildman–Crippen MR) is 148 cm³/mol. The Morgan fingerprint density at radius 3 is 2.05 bits per heavy atom. The first-order valence-electron chi connectivity index (χ1n) is 12.4. The van der Waals surface area contributed by atoms with Crippen LogP contribution in [0, 0.1) is 0 Å². The van der Waals surface area contributed by atoms with Crippen LogP contribution in [-0.2, 0) is 10.0 Å². The standard InChI is InChI=1S/C28H31N5O4S/c1-20(32-16-18-33(19-17-32)38(34,35)24-14-12-23(37-3)13-15-24)27-30-26-7-5-4-6-25(26)28(31-27)29-21-8-10-22(36-2)11-9-21/h4-15,20H,16-19H2,1-3H3,(H,29,30,31)/t20-/m0/s1. The van der Waals surface area contributed by atoms with E-state index in [0.717, 1.165) is 28.2 Å². The maximum absolute atomic E-state index is 13.2. The number of piperazine rings is 1. The van der Waals surface area contributed by atoms with Crippen LogP contribution in [0.1, 0.15) is 18.8 Å². The van der Waals surface area contributed by atoms with Gasteiger partial charge in [0.2, 0.25) is 10.0 Å². The van der Waals surface area contributed by atoms with Crippen LogP contribution in [-0.4, -0.2) is 68.0 Å². The summed E-state index contributed by atoms with van der Waals surface area (Å²) in [6, 6.07) is 22.0. The number of rotatable bonds is 8. The van der Waals surface area contributed by atoms with Gasteiger partial charge in [-0.05, 0) is 67.6 Å². The van der Waals surface area contributed by atoms with Gasteiger partial charge in [0.05, 0.1) is 30.7 Å². The lowest BCUT2D eigenvalue weighted by Crippen LogP contribution is -2.49. The Balaban J connectivity index is 1.33. The van der Waals surface area contributed by atoms with Crippen LogP contribution in [0.2, 0.25) is 0 Å². The molecular weight excluding hydrogens is 502 g/mol. The quantitative estimate of drug-likeness (QED) is 0.355. The molecule has 1 atom stereocenters. The first-order valence-corrected chi connectivity index (χ1v) is 13.9. The molecular formula is C28H31N5O4S. The third kappa shape index (κ3) is 5.28. The maximum atomic E-state index is 13.2. The second-order valence-electron chi connectivity index (χ2n) is 9.09. The lowest BCUT2D eigenvalue weighted by atomic mass is 10.2. The second kappa shape index (κ2) is 10.9. The van der Waals surface area contributed by atoms with Crippen molar-refractivity contribution in [2.75, 3.05) is 45.7 Å². The molecule has 38 heavy (non-hydrogen) atoms. The molecule has 0 spiro atoms. The molecule has 1 aromatic heterocycles. The van der Waals surface area contributed by atoms with Gasteiger partial charge < -0.3 is 14.8 Å². The average Bonchev–Trinajstić information content (AvgIpc) is 2.97. The number of nitrogens with one attached hydrogen (secondary N) is 1. The summed E-state index contributed by atoms with van der Waals surface area (Å²) in [5.74, 6) is 2.82. The van der Waals surface area contributed by atoms with Gasteiger partial charge in [0.25, 0.3) is 0 Å². The lowest BCUT2D eigenvalue weighted by Gasteiger charge is -2.36. The molecule has 0 unspecified atom stereocenters. The fourth-order valence-electron chi connectivity index (χ4n) is 4.58. The normalized spacial score (nSPS) is 15.8. The van der Waals surface area contributed by atoms with E-state index in [4.69, 9.17) is 19.4 Å². The molecule has 1 aliphatic rings. The summed E-state index contributed by atoms with van der Waals surface area (Å²) in [6.07, 6.45) is 0. The van der Waals surface area contributed by atoms with Crippen molar-refractivity contribution >= 4 is 32.4 Å². The Morgan fingerprint density at radius 1 is 0.816 bits per heavy atom. The molecule has 9 nitrogen and oxygen atoms in total. The Hall–Kier alpha value is -3.73. The van der Waals surface area contributed by atoms with Crippen LogP contribution >= 0.6 is 0 Å². The lowest BCUT2D eigenvalue weighted by molar-refractivity contribution is 0.141. The Bertz CT molecular complexity index is 1500. The van der Waals surface area contributed by atoms with Crippen LogP contribution in [0.25, 0.3) is 10.9 Å². The van der Waals surface area contributed by atoms with Gasteiger partial charge in [0, 0.05) is 37.3 Å². The molecule has 0 bridgehead atoms. The highest BCUT2D eigenvalue weighted by atomic mass is 32.2. The van der Waals surface area contributed by atoms with Crippen molar-refractivity contribution < 1.29 is 17.9 Å². The van der Waals surface area contributed by atoms with E-state index in [-0.39, 0.29) is 10.9 Å². The van der Waals surface area contributed by atoms with Crippen molar-refractivity contribution in [2.24, 2.45) is 0 Å². The third-order valence-electron chi connectivity index (χ3n) is 6.87. The van der Waals surface area contributed by atoms with Crippen molar-refractivity contribution in [1.82, 2.24) is 19.2 Å². The molecule has 3 aromatic carbocycles. The van der Waals surface area contributed by atoms with Gasteiger partial charge in [0.15, 0.2) is 0 Å². The predicted octanol–water partition coefficient (Wildman–Crippen LogP) is 4.46. The van der Waals surface area contributed by atoms with Crippen LogP contribution in [0.4, 0.5) is 11.5 Å². The summed E-state index contributed by atoms with van der Waals surface area (Å²) in [4.78, 5) is 12.3. The Labute approximate surface area is 223 Å². The van der Waals surface area contributed by atoms with E-state index in [2.05, 4.69) is 17.1 Å². The highest BCUT2D eigenvalue weighted by molar-refractivity contribution is 7.89. The van der Waals surface area contributed by atoms with Crippen LogP contribution in [0.3, 0.4) is 0 Å². The van der Waals surface area contributed by atoms with Gasteiger partial charge in [-0.2, -0.15) is 4.31 Å². The molecule has 1 aliphatic heterocycles. The van der Waals surface area contributed by atoms with E-state index in [1.807, 2.05) is 48.5 Å². The number of aromatic nitrogens is 2. The monoisotopic (exact) mass is 533 g/mol. The number of para-hydroxylation sites is 1. The Kier molecular flexibility index (Phi) is 7.46. The first kappa shape index (κ1) is 25.9. The molecule has 4 aromatic rings. The van der Waals surface area contributed by atoms with E-state index in [0.29, 0.717) is 37.8 Å². The SMILES string of the molecule is COc1ccc(Nc2nc([C@H](C)N3CCN(S(=O)(=O)c4ccc(OC)cc4)CC3)nc3ccccc23)cc1.